The molecule has 7 heteroatoms. The van der Waals surface area contributed by atoms with Crippen LogP contribution < -0.4 is 0 Å². The molecule has 176 valence electrons. The first-order valence-corrected chi connectivity index (χ1v) is 12.0. The molecule has 0 atom stereocenters. The third-order valence-electron chi connectivity index (χ3n) is 6.32. The summed E-state index contributed by atoms with van der Waals surface area (Å²) in [5.41, 5.74) is 6.52. The number of Topliss-reactive ketones (excluding diaryl/α,β-unsaturated/α-hetero) is 1. The van der Waals surface area contributed by atoms with Gasteiger partial charge in [-0.25, -0.2) is 19.9 Å². The normalized spacial score (nSPS) is 11.3. The number of imidazole rings is 2. The molecule has 0 aliphatic heterocycles. The van der Waals surface area contributed by atoms with Gasteiger partial charge >= 0.3 is 0 Å². The molecule has 0 fully saturated rings. The Morgan fingerprint density at radius 3 is 2.53 bits per heavy atom. The summed E-state index contributed by atoms with van der Waals surface area (Å²) in [6.45, 7) is 0.866. The Kier molecular flexibility index (Phi) is 5.79. The Labute approximate surface area is 208 Å². The van der Waals surface area contributed by atoms with E-state index in [0.29, 0.717) is 17.5 Å². The lowest BCUT2D eigenvalue weighted by Crippen LogP contribution is -2.02. The van der Waals surface area contributed by atoms with Crippen LogP contribution in [0.25, 0.3) is 39.2 Å². The van der Waals surface area contributed by atoms with Gasteiger partial charge in [0.1, 0.15) is 5.65 Å². The van der Waals surface area contributed by atoms with Gasteiger partial charge in [0.05, 0.1) is 28.7 Å². The standard InChI is InChI=1S/C29H24N6O/c36-26(8-4-5-15-34-16-13-30-20-34)22-9-11-24-25(18-22)33-28(21-6-2-1-3-7-21)29(32-24)23-10-12-27-31-14-17-35(27)19-23/h1-3,6-7,9-14,16-20H,4-5,8,15H2. The fourth-order valence-corrected chi connectivity index (χ4v) is 4.43. The van der Waals surface area contributed by atoms with Gasteiger partial charge in [-0.05, 0) is 43.2 Å². The van der Waals surface area contributed by atoms with E-state index in [-0.39, 0.29) is 5.78 Å². The highest BCUT2D eigenvalue weighted by atomic mass is 16.1. The zero-order valence-electron chi connectivity index (χ0n) is 19.7. The molecule has 0 saturated heterocycles. The van der Waals surface area contributed by atoms with E-state index in [1.54, 1.807) is 18.7 Å². The van der Waals surface area contributed by atoms with Gasteiger partial charge in [-0.3, -0.25) is 4.79 Å². The highest BCUT2D eigenvalue weighted by molar-refractivity contribution is 5.99. The Bertz CT molecular complexity index is 1650. The summed E-state index contributed by atoms with van der Waals surface area (Å²) in [5.74, 6) is 0.125. The Morgan fingerprint density at radius 2 is 1.67 bits per heavy atom. The van der Waals surface area contributed by atoms with Gasteiger partial charge in [0, 0.05) is 60.6 Å². The maximum Gasteiger partial charge on any atom is 0.162 e. The van der Waals surface area contributed by atoms with Gasteiger partial charge in [0.15, 0.2) is 5.78 Å². The maximum atomic E-state index is 12.9. The topological polar surface area (TPSA) is 78.0 Å². The van der Waals surface area contributed by atoms with Crippen molar-refractivity contribution in [3.8, 4) is 22.5 Å². The van der Waals surface area contributed by atoms with Crippen molar-refractivity contribution >= 4 is 22.5 Å². The summed E-state index contributed by atoms with van der Waals surface area (Å²) in [7, 11) is 0. The van der Waals surface area contributed by atoms with Crippen molar-refractivity contribution in [2.75, 3.05) is 0 Å². The molecule has 6 rings (SSSR count). The summed E-state index contributed by atoms with van der Waals surface area (Å²) in [5, 5.41) is 0. The van der Waals surface area contributed by atoms with E-state index in [1.807, 2.05) is 88.2 Å². The molecule has 4 aromatic heterocycles. The summed E-state index contributed by atoms with van der Waals surface area (Å²) >= 11 is 0. The van der Waals surface area contributed by atoms with Crippen molar-refractivity contribution in [3.05, 3.63) is 104 Å². The van der Waals surface area contributed by atoms with Crippen LogP contribution in [0, 0.1) is 0 Å². The largest absolute Gasteiger partial charge is 0.337 e. The van der Waals surface area contributed by atoms with E-state index in [1.165, 1.54) is 0 Å². The summed E-state index contributed by atoms with van der Waals surface area (Å²) in [4.78, 5) is 31.3. The smallest absolute Gasteiger partial charge is 0.162 e. The summed E-state index contributed by atoms with van der Waals surface area (Å²) in [6.07, 6.45) is 13.5. The van der Waals surface area contributed by atoms with Crippen LogP contribution in [0.4, 0.5) is 0 Å². The van der Waals surface area contributed by atoms with Crippen molar-refractivity contribution in [1.82, 2.24) is 28.9 Å². The fraction of sp³-hybridized carbons (Fsp3) is 0.138. The monoisotopic (exact) mass is 472 g/mol. The van der Waals surface area contributed by atoms with Crippen molar-refractivity contribution < 1.29 is 4.79 Å². The first kappa shape index (κ1) is 21.9. The SMILES string of the molecule is O=C(CCCCn1ccnc1)c1ccc2nc(-c3ccc4nccn4c3)c(-c3ccccc3)nc2c1. The molecule has 2 aromatic carbocycles. The Balaban J connectivity index is 1.33. The molecule has 0 saturated carbocycles. The van der Waals surface area contributed by atoms with E-state index in [2.05, 4.69) is 9.97 Å². The lowest BCUT2D eigenvalue weighted by atomic mass is 10.0. The number of carbonyl (C=O) groups is 1. The molecule has 0 bridgehead atoms. The molecule has 4 heterocycles. The van der Waals surface area contributed by atoms with Crippen molar-refractivity contribution in [1.29, 1.82) is 0 Å². The third-order valence-corrected chi connectivity index (χ3v) is 6.32. The molecular weight excluding hydrogens is 448 g/mol. The van der Waals surface area contributed by atoms with Crippen LogP contribution in [0.15, 0.2) is 98.0 Å². The number of aromatic nitrogens is 6. The maximum absolute atomic E-state index is 12.9. The molecule has 0 unspecified atom stereocenters. The highest BCUT2D eigenvalue weighted by Crippen LogP contribution is 2.31. The lowest BCUT2D eigenvalue weighted by Gasteiger charge is -2.12. The van der Waals surface area contributed by atoms with Crippen molar-refractivity contribution in [3.63, 3.8) is 0 Å². The summed E-state index contributed by atoms with van der Waals surface area (Å²) in [6, 6.07) is 19.7. The molecule has 36 heavy (non-hydrogen) atoms. The second-order valence-corrected chi connectivity index (χ2v) is 8.78. The second kappa shape index (κ2) is 9.54. The Hall–Kier alpha value is -4.65. The van der Waals surface area contributed by atoms with E-state index >= 15 is 0 Å². The molecule has 0 spiro atoms. The number of benzene rings is 2. The van der Waals surface area contributed by atoms with E-state index in [4.69, 9.17) is 9.97 Å². The Morgan fingerprint density at radius 1 is 0.806 bits per heavy atom. The molecule has 0 radical (unpaired) electrons. The van der Waals surface area contributed by atoms with Crippen LogP contribution >= 0.6 is 0 Å². The number of hydrogen-bond acceptors (Lipinski definition) is 5. The van der Waals surface area contributed by atoms with Gasteiger partial charge < -0.3 is 8.97 Å². The molecule has 7 nitrogen and oxygen atoms in total. The van der Waals surface area contributed by atoms with E-state index in [0.717, 1.165) is 53.1 Å². The predicted molar refractivity (Wildman–Crippen MR) is 140 cm³/mol. The minimum absolute atomic E-state index is 0.125. The lowest BCUT2D eigenvalue weighted by molar-refractivity contribution is 0.0979. The number of aryl methyl sites for hydroxylation is 1. The van der Waals surface area contributed by atoms with Crippen molar-refractivity contribution in [2.24, 2.45) is 0 Å². The minimum Gasteiger partial charge on any atom is -0.337 e. The predicted octanol–water partition coefficient (Wildman–Crippen LogP) is 5.86. The third kappa shape index (κ3) is 4.38. The van der Waals surface area contributed by atoms with Crippen LogP contribution in [-0.4, -0.2) is 34.7 Å². The molecule has 0 aliphatic carbocycles. The van der Waals surface area contributed by atoms with Crippen LogP contribution in [0.3, 0.4) is 0 Å². The second-order valence-electron chi connectivity index (χ2n) is 8.78. The highest BCUT2D eigenvalue weighted by Gasteiger charge is 2.15. The van der Waals surface area contributed by atoms with Gasteiger partial charge in [0.2, 0.25) is 0 Å². The number of rotatable bonds is 8. The number of nitrogens with zero attached hydrogens (tertiary/aromatic N) is 6. The number of unbranched alkanes of at least 4 members (excludes halogenated alkanes) is 1. The average Bonchev–Trinajstić information content (AvgIpc) is 3.62. The summed E-state index contributed by atoms with van der Waals surface area (Å²) < 4.78 is 4.01. The quantitative estimate of drug-likeness (QED) is 0.205. The molecule has 0 N–H and O–H groups in total. The van der Waals surface area contributed by atoms with Crippen LogP contribution in [0.2, 0.25) is 0 Å². The number of fused-ring (bicyclic) bond motifs is 2. The van der Waals surface area contributed by atoms with E-state index in [9.17, 15) is 4.79 Å². The molecular formula is C29H24N6O. The molecule has 0 amide bonds. The first-order valence-electron chi connectivity index (χ1n) is 12.0. The van der Waals surface area contributed by atoms with Crippen molar-refractivity contribution in [2.45, 2.75) is 25.8 Å². The molecule has 0 aliphatic rings. The number of hydrogen-bond donors (Lipinski definition) is 0. The number of ketones is 1. The van der Waals surface area contributed by atoms with Gasteiger partial charge in [-0.2, -0.15) is 0 Å². The first-order chi connectivity index (χ1) is 17.7. The fourth-order valence-electron chi connectivity index (χ4n) is 4.43. The average molecular weight is 473 g/mol. The number of carbonyl (C=O) groups excluding carboxylic acids is 1. The van der Waals surface area contributed by atoms with E-state index < -0.39 is 0 Å². The van der Waals surface area contributed by atoms with Crippen LogP contribution in [0.5, 0.6) is 0 Å². The zero-order valence-corrected chi connectivity index (χ0v) is 19.7. The number of pyridine rings is 1. The minimum atomic E-state index is 0.125. The zero-order chi connectivity index (χ0) is 24.3. The van der Waals surface area contributed by atoms with Gasteiger partial charge in [-0.15, -0.1) is 0 Å². The van der Waals surface area contributed by atoms with Crippen LogP contribution in [-0.2, 0) is 6.54 Å². The van der Waals surface area contributed by atoms with Crippen LogP contribution in [0.1, 0.15) is 29.6 Å². The van der Waals surface area contributed by atoms with Gasteiger partial charge in [0.25, 0.3) is 0 Å². The molecule has 6 aromatic rings. The van der Waals surface area contributed by atoms with Gasteiger partial charge in [-0.1, -0.05) is 30.3 Å².